The highest BCUT2D eigenvalue weighted by atomic mass is 28.4. The molecule has 0 radical (unpaired) electrons. The minimum absolute atomic E-state index is 0.0911. The third-order valence-electron chi connectivity index (χ3n) is 4.59. The van der Waals surface area contributed by atoms with Crippen molar-refractivity contribution in [3.05, 3.63) is 0 Å². The Morgan fingerprint density at radius 1 is 1.25 bits per heavy atom. The van der Waals surface area contributed by atoms with Gasteiger partial charge >= 0.3 is 6.09 Å². The molecule has 0 aliphatic carbocycles. The fourth-order valence-electron chi connectivity index (χ4n) is 2.36. The number of rotatable bonds is 3. The molecule has 0 saturated carbocycles. The molecule has 1 saturated heterocycles. The third kappa shape index (κ3) is 3.74. The molecule has 1 aliphatic rings. The van der Waals surface area contributed by atoms with Gasteiger partial charge in [-0.1, -0.05) is 20.8 Å². The van der Waals surface area contributed by atoms with Crippen LogP contribution in [0, 0.1) is 0 Å². The van der Waals surface area contributed by atoms with E-state index >= 15 is 0 Å². The van der Waals surface area contributed by atoms with Gasteiger partial charge < -0.3 is 14.6 Å². The molecule has 6 heteroatoms. The first-order valence-electron chi connectivity index (χ1n) is 7.15. The number of likely N-dealkylation sites (tertiary alicyclic amines) is 1. The maximum atomic E-state index is 11.3. The summed E-state index contributed by atoms with van der Waals surface area (Å²) in [7, 11) is -1.92. The summed E-state index contributed by atoms with van der Waals surface area (Å²) < 4.78 is 6.29. The smallest absolute Gasteiger partial charge is 0.407 e. The summed E-state index contributed by atoms with van der Waals surface area (Å²) in [6.07, 6.45) is -0.552. The normalized spacial score (nSPS) is 25.1. The van der Waals surface area contributed by atoms with Gasteiger partial charge in [-0.2, -0.15) is 0 Å². The van der Waals surface area contributed by atoms with E-state index in [1.54, 1.807) is 13.8 Å². The topological polar surface area (TPSA) is 70.0 Å². The second kappa shape index (κ2) is 5.31. The molecule has 2 atom stereocenters. The highest BCUT2D eigenvalue weighted by Crippen LogP contribution is 2.39. The van der Waals surface area contributed by atoms with Crippen molar-refractivity contribution in [1.82, 2.24) is 4.90 Å². The molecule has 1 rings (SSSR count). The number of carbonyl (C=O) groups is 1. The van der Waals surface area contributed by atoms with Crippen molar-refractivity contribution in [2.24, 2.45) is 0 Å². The third-order valence-corrected chi connectivity index (χ3v) is 9.13. The van der Waals surface area contributed by atoms with Crippen molar-refractivity contribution in [1.29, 1.82) is 0 Å². The Bertz CT molecular complexity index is 370. The van der Waals surface area contributed by atoms with Crippen LogP contribution in [0.3, 0.4) is 0 Å². The Morgan fingerprint density at radius 2 is 1.75 bits per heavy atom. The van der Waals surface area contributed by atoms with Gasteiger partial charge in [-0.25, -0.2) is 4.79 Å². The summed E-state index contributed by atoms with van der Waals surface area (Å²) in [6.45, 7) is 14.5. The summed E-state index contributed by atoms with van der Waals surface area (Å²) in [5.74, 6) is 0. The lowest BCUT2D eigenvalue weighted by molar-refractivity contribution is 0.00145. The zero-order valence-electron chi connectivity index (χ0n) is 13.7. The van der Waals surface area contributed by atoms with Crippen molar-refractivity contribution < 1.29 is 19.4 Å². The lowest BCUT2D eigenvalue weighted by Gasteiger charge is -2.38. The summed E-state index contributed by atoms with van der Waals surface area (Å²) in [5, 5.41) is 19.5. The monoisotopic (exact) mass is 303 g/mol. The van der Waals surface area contributed by atoms with Crippen LogP contribution in [0.2, 0.25) is 18.1 Å². The van der Waals surface area contributed by atoms with Crippen LogP contribution in [0.25, 0.3) is 0 Å². The Balaban J connectivity index is 2.85. The Hall–Kier alpha value is -0.593. The summed E-state index contributed by atoms with van der Waals surface area (Å²) in [5.41, 5.74) is -1.05. The molecule has 1 heterocycles. The van der Waals surface area contributed by atoms with Gasteiger partial charge in [0, 0.05) is 6.54 Å². The molecular weight excluding hydrogens is 274 g/mol. The molecule has 1 aliphatic heterocycles. The minimum atomic E-state index is -1.92. The van der Waals surface area contributed by atoms with E-state index in [-0.39, 0.29) is 11.1 Å². The van der Waals surface area contributed by atoms with E-state index in [9.17, 15) is 15.0 Å². The van der Waals surface area contributed by atoms with Crippen LogP contribution in [0.4, 0.5) is 4.79 Å². The summed E-state index contributed by atoms with van der Waals surface area (Å²) >= 11 is 0. The maximum Gasteiger partial charge on any atom is 0.407 e. The molecule has 118 valence electrons. The summed E-state index contributed by atoms with van der Waals surface area (Å²) in [4.78, 5) is 12.7. The molecule has 0 aromatic rings. The number of hydrogen-bond acceptors (Lipinski definition) is 3. The van der Waals surface area contributed by atoms with Crippen LogP contribution >= 0.6 is 0 Å². The predicted octanol–water partition coefficient (Wildman–Crippen LogP) is 2.90. The van der Waals surface area contributed by atoms with Crippen LogP contribution in [0.5, 0.6) is 0 Å². The van der Waals surface area contributed by atoms with E-state index < -0.39 is 26.1 Å². The van der Waals surface area contributed by atoms with Crippen LogP contribution in [0.1, 0.15) is 41.0 Å². The van der Waals surface area contributed by atoms with E-state index in [4.69, 9.17) is 4.43 Å². The first kappa shape index (κ1) is 17.5. The first-order chi connectivity index (χ1) is 8.75. The van der Waals surface area contributed by atoms with Gasteiger partial charge in [-0.05, 0) is 38.4 Å². The zero-order chi connectivity index (χ0) is 15.9. The number of nitrogens with zero attached hydrogens (tertiary/aromatic N) is 1. The number of aliphatic hydroxyl groups is 1. The maximum absolute atomic E-state index is 11.3. The van der Waals surface area contributed by atoms with Crippen LogP contribution < -0.4 is 0 Å². The lowest BCUT2D eigenvalue weighted by Crippen LogP contribution is -2.47. The van der Waals surface area contributed by atoms with E-state index in [0.29, 0.717) is 13.0 Å². The van der Waals surface area contributed by atoms with Gasteiger partial charge in [0.1, 0.15) is 0 Å². The van der Waals surface area contributed by atoms with E-state index in [1.165, 1.54) is 4.90 Å². The fourth-order valence-corrected chi connectivity index (χ4v) is 3.72. The molecule has 1 fully saturated rings. The molecule has 0 spiro atoms. The van der Waals surface area contributed by atoms with Crippen LogP contribution in [-0.4, -0.2) is 53.8 Å². The molecule has 1 amide bonds. The number of hydrogen-bond donors (Lipinski definition) is 2. The van der Waals surface area contributed by atoms with Gasteiger partial charge in [-0.3, -0.25) is 4.90 Å². The Labute approximate surface area is 123 Å². The highest BCUT2D eigenvalue weighted by molar-refractivity contribution is 6.74. The Morgan fingerprint density at radius 3 is 2.05 bits per heavy atom. The van der Waals surface area contributed by atoms with Crippen molar-refractivity contribution in [3.63, 3.8) is 0 Å². The number of amides is 1. The molecule has 0 aromatic carbocycles. The second-order valence-electron chi connectivity index (χ2n) is 7.84. The van der Waals surface area contributed by atoms with Crippen LogP contribution in [0.15, 0.2) is 0 Å². The quantitative estimate of drug-likeness (QED) is 0.787. The average Bonchev–Trinajstić information content (AvgIpc) is 2.58. The molecule has 0 aromatic heterocycles. The minimum Gasteiger partial charge on any atom is -0.465 e. The van der Waals surface area contributed by atoms with Crippen molar-refractivity contribution in [3.8, 4) is 0 Å². The van der Waals surface area contributed by atoms with E-state index in [1.807, 2.05) is 0 Å². The Kier molecular flexibility index (Phi) is 4.64. The largest absolute Gasteiger partial charge is 0.465 e. The SMILES string of the molecule is CC(C)(O)[C@@H]1C[C@@H](O[Si](C)(C)C(C)(C)C)CN1C(=O)O. The number of carboxylic acid groups (broad SMARTS) is 1. The van der Waals surface area contributed by atoms with Gasteiger partial charge in [0.25, 0.3) is 0 Å². The average molecular weight is 303 g/mol. The molecule has 20 heavy (non-hydrogen) atoms. The molecule has 0 unspecified atom stereocenters. The van der Waals surface area contributed by atoms with Crippen molar-refractivity contribution in [2.75, 3.05) is 6.54 Å². The summed E-state index contributed by atoms with van der Waals surface area (Å²) in [6, 6.07) is -0.408. The molecule has 0 bridgehead atoms. The predicted molar refractivity (Wildman–Crippen MR) is 81.5 cm³/mol. The van der Waals surface area contributed by atoms with Gasteiger partial charge in [0.2, 0.25) is 0 Å². The van der Waals surface area contributed by atoms with Crippen LogP contribution in [-0.2, 0) is 4.43 Å². The van der Waals surface area contributed by atoms with E-state index in [2.05, 4.69) is 33.9 Å². The molecule has 2 N–H and O–H groups in total. The lowest BCUT2D eigenvalue weighted by atomic mass is 9.96. The van der Waals surface area contributed by atoms with Gasteiger partial charge in [0.05, 0.1) is 17.7 Å². The second-order valence-corrected chi connectivity index (χ2v) is 12.6. The first-order valence-corrected chi connectivity index (χ1v) is 10.1. The molecule has 5 nitrogen and oxygen atoms in total. The highest BCUT2D eigenvalue weighted by Gasteiger charge is 2.47. The molecular formula is C14H29NO4Si. The standard InChI is InChI=1S/C14H29NO4Si/c1-13(2,3)20(6,7)19-10-8-11(14(4,5)18)15(9-10)12(16)17/h10-11,18H,8-9H2,1-7H3,(H,16,17)/t10-,11+/m1/s1. The fraction of sp³-hybridized carbons (Fsp3) is 0.929. The van der Waals surface area contributed by atoms with E-state index in [0.717, 1.165) is 0 Å². The van der Waals surface area contributed by atoms with Crippen molar-refractivity contribution in [2.45, 2.75) is 76.9 Å². The zero-order valence-corrected chi connectivity index (χ0v) is 14.7. The van der Waals surface area contributed by atoms with Gasteiger partial charge in [0.15, 0.2) is 8.32 Å². The van der Waals surface area contributed by atoms with Crippen molar-refractivity contribution >= 4 is 14.4 Å². The van der Waals surface area contributed by atoms with Gasteiger partial charge in [-0.15, -0.1) is 0 Å².